The van der Waals surface area contributed by atoms with E-state index in [1.165, 1.54) is 14.2 Å². The van der Waals surface area contributed by atoms with Gasteiger partial charge >= 0.3 is 0 Å². The average Bonchev–Trinajstić information content (AvgIpc) is 2.61. The number of rotatable bonds is 6. The molecule has 0 aliphatic heterocycles. The van der Waals surface area contributed by atoms with E-state index in [0.29, 0.717) is 22.1 Å². The monoisotopic (exact) mass is 405 g/mol. The van der Waals surface area contributed by atoms with Crippen molar-refractivity contribution in [2.75, 3.05) is 14.2 Å². The third-order valence-electron chi connectivity index (χ3n) is 3.84. The van der Waals surface area contributed by atoms with Crippen molar-refractivity contribution in [1.82, 2.24) is 9.63 Å². The van der Waals surface area contributed by atoms with Gasteiger partial charge in [0.05, 0.1) is 24.0 Å². The number of aromatic nitrogens is 1. The molecule has 1 aromatic rings. The second kappa shape index (κ2) is 8.22. The second-order valence-electron chi connectivity index (χ2n) is 5.45. The Morgan fingerprint density at radius 3 is 2.76 bits per heavy atom. The largest absolute Gasteiger partial charge is 0.341 e. The fourth-order valence-corrected chi connectivity index (χ4v) is 2.81. The van der Waals surface area contributed by atoms with Crippen molar-refractivity contribution < 1.29 is 9.63 Å². The molecule has 1 amide bonds. The first kappa shape index (κ1) is 19.1. The Kier molecular flexibility index (Phi) is 6.27. The van der Waals surface area contributed by atoms with Gasteiger partial charge in [0, 0.05) is 23.8 Å². The number of amides is 1. The first-order valence-electron chi connectivity index (χ1n) is 7.69. The summed E-state index contributed by atoms with van der Waals surface area (Å²) >= 11 is 3.20. The molecular formula is C18H20BrN3O3. The first-order chi connectivity index (χ1) is 11.9. The van der Waals surface area contributed by atoms with Crippen LogP contribution in [0.3, 0.4) is 0 Å². The van der Waals surface area contributed by atoms with E-state index >= 15 is 0 Å². The van der Waals surface area contributed by atoms with Gasteiger partial charge in [0.2, 0.25) is 5.43 Å². The van der Waals surface area contributed by atoms with Crippen molar-refractivity contribution >= 4 is 39.7 Å². The summed E-state index contributed by atoms with van der Waals surface area (Å²) in [7, 11) is 2.84. The van der Waals surface area contributed by atoms with E-state index in [-0.39, 0.29) is 11.0 Å². The van der Waals surface area contributed by atoms with Crippen molar-refractivity contribution in [3.05, 3.63) is 56.4 Å². The normalized spacial score (nSPS) is 13.3. The smallest absolute Gasteiger partial charge is 0.282 e. The van der Waals surface area contributed by atoms with E-state index in [1.54, 1.807) is 12.3 Å². The van der Waals surface area contributed by atoms with E-state index in [1.807, 2.05) is 16.7 Å². The molecule has 0 atom stereocenters. The summed E-state index contributed by atoms with van der Waals surface area (Å²) in [4.78, 5) is 34.4. The van der Waals surface area contributed by atoms with Crippen molar-refractivity contribution in [2.24, 2.45) is 4.99 Å². The van der Waals surface area contributed by atoms with Crippen LogP contribution in [-0.2, 0) is 11.4 Å². The maximum Gasteiger partial charge on any atom is 0.282 e. The number of aliphatic imine (C=N–C) groups is 1. The summed E-state index contributed by atoms with van der Waals surface area (Å²) in [5.41, 5.74) is 0.416. The molecule has 1 aromatic heterocycles. The molecule has 0 radical (unpaired) electrons. The summed E-state index contributed by atoms with van der Waals surface area (Å²) < 4.78 is 2.31. The van der Waals surface area contributed by atoms with Crippen molar-refractivity contribution in [3.63, 3.8) is 0 Å². The summed E-state index contributed by atoms with van der Waals surface area (Å²) in [5, 5.41) is 2.34. The number of allylic oxidation sites excluding steroid dienone is 1. The van der Waals surface area contributed by atoms with Gasteiger partial charge in [-0.1, -0.05) is 25.3 Å². The highest BCUT2D eigenvalue weighted by atomic mass is 79.9. The fourth-order valence-electron chi connectivity index (χ4n) is 2.58. The Morgan fingerprint density at radius 2 is 2.16 bits per heavy atom. The number of hydroxylamine groups is 2. The van der Waals surface area contributed by atoms with Crippen LogP contribution in [0.4, 0.5) is 0 Å². The van der Waals surface area contributed by atoms with Crippen molar-refractivity contribution in [1.29, 1.82) is 0 Å². The molecule has 1 aliphatic rings. The summed E-state index contributed by atoms with van der Waals surface area (Å²) in [6, 6.07) is 0. The lowest BCUT2D eigenvalue weighted by Gasteiger charge is -2.16. The molecule has 25 heavy (non-hydrogen) atoms. The number of pyridine rings is 1. The highest BCUT2D eigenvalue weighted by Gasteiger charge is 2.18. The van der Waals surface area contributed by atoms with Crippen LogP contribution < -0.4 is 16.0 Å². The Labute approximate surface area is 154 Å². The van der Waals surface area contributed by atoms with Crippen LogP contribution in [0.1, 0.15) is 23.2 Å². The van der Waals surface area contributed by atoms with Gasteiger partial charge in [-0.2, -0.15) is 0 Å². The summed E-state index contributed by atoms with van der Waals surface area (Å²) in [6.07, 6.45) is 8.63. The zero-order chi connectivity index (χ0) is 18.6. The maximum atomic E-state index is 12.7. The van der Waals surface area contributed by atoms with Gasteiger partial charge < -0.3 is 4.57 Å². The lowest BCUT2D eigenvalue weighted by Crippen LogP contribution is -2.50. The number of hydrogen-bond donors (Lipinski definition) is 0. The SMILES string of the molecule is C=C/C(Cn1cc(C(=O)N(C)OC)c(=O)c2c1=CCCC=2)=N\C(=C)Br. The van der Waals surface area contributed by atoms with Crippen LogP contribution in [0.2, 0.25) is 0 Å². The lowest BCUT2D eigenvalue weighted by molar-refractivity contribution is -0.0758. The Hall–Kier alpha value is -2.25. The lowest BCUT2D eigenvalue weighted by atomic mass is 10.1. The molecule has 0 saturated carbocycles. The molecule has 1 heterocycles. The number of fused-ring (bicyclic) bond motifs is 1. The van der Waals surface area contributed by atoms with Crippen LogP contribution >= 0.6 is 15.9 Å². The molecule has 0 fully saturated rings. The van der Waals surface area contributed by atoms with Crippen molar-refractivity contribution in [2.45, 2.75) is 19.4 Å². The minimum atomic E-state index is -0.495. The van der Waals surface area contributed by atoms with Crippen LogP contribution in [-0.4, -0.2) is 35.4 Å². The summed E-state index contributed by atoms with van der Waals surface area (Å²) in [6.45, 7) is 7.81. The van der Waals surface area contributed by atoms with Crippen LogP contribution in [0, 0.1) is 0 Å². The average molecular weight is 406 g/mol. The van der Waals surface area contributed by atoms with Gasteiger partial charge in [0.25, 0.3) is 5.91 Å². The molecule has 0 N–H and O–H groups in total. The molecule has 0 saturated heterocycles. The quantitative estimate of drug-likeness (QED) is 0.407. The van der Waals surface area contributed by atoms with E-state index in [0.717, 1.165) is 23.3 Å². The molecule has 7 heteroatoms. The van der Waals surface area contributed by atoms with E-state index in [9.17, 15) is 9.59 Å². The van der Waals surface area contributed by atoms with Crippen LogP contribution in [0.5, 0.6) is 0 Å². The third kappa shape index (κ3) is 4.24. The molecule has 132 valence electrons. The Morgan fingerprint density at radius 1 is 1.48 bits per heavy atom. The van der Waals surface area contributed by atoms with Gasteiger partial charge in [-0.15, -0.1) is 0 Å². The molecule has 6 nitrogen and oxygen atoms in total. The van der Waals surface area contributed by atoms with Crippen molar-refractivity contribution in [3.8, 4) is 0 Å². The molecule has 0 unspecified atom stereocenters. The topological polar surface area (TPSA) is 63.9 Å². The number of nitrogens with zero attached hydrogens (tertiary/aromatic N) is 3. The minimum absolute atomic E-state index is 0.0516. The fraction of sp³-hybridized carbons (Fsp3) is 0.278. The summed E-state index contributed by atoms with van der Waals surface area (Å²) in [5.74, 6) is -0.495. The molecule has 0 spiro atoms. The van der Waals surface area contributed by atoms with Gasteiger partial charge in [-0.05, 0) is 34.8 Å². The molecule has 0 bridgehead atoms. The number of halogens is 1. The third-order valence-corrected chi connectivity index (χ3v) is 4.01. The van der Waals surface area contributed by atoms with Gasteiger partial charge in [-0.3, -0.25) is 14.4 Å². The van der Waals surface area contributed by atoms with E-state index < -0.39 is 5.91 Å². The number of carbonyl (C=O) groups is 1. The highest BCUT2D eigenvalue weighted by Crippen LogP contribution is 2.05. The molecule has 2 rings (SSSR count). The minimum Gasteiger partial charge on any atom is -0.341 e. The Balaban J connectivity index is 2.68. The van der Waals surface area contributed by atoms with Crippen LogP contribution in [0.15, 0.2) is 39.8 Å². The zero-order valence-corrected chi connectivity index (χ0v) is 15.9. The molecule has 0 aromatic carbocycles. The first-order valence-corrected chi connectivity index (χ1v) is 8.48. The van der Waals surface area contributed by atoms with Gasteiger partial charge in [0.15, 0.2) is 0 Å². The van der Waals surface area contributed by atoms with E-state index in [2.05, 4.69) is 34.1 Å². The van der Waals surface area contributed by atoms with Crippen LogP contribution in [0.25, 0.3) is 12.2 Å². The zero-order valence-electron chi connectivity index (χ0n) is 14.3. The number of hydrogen-bond acceptors (Lipinski definition) is 4. The van der Waals surface area contributed by atoms with Gasteiger partial charge in [-0.25, -0.2) is 10.1 Å². The van der Waals surface area contributed by atoms with Gasteiger partial charge in [0.1, 0.15) is 5.56 Å². The number of carbonyl (C=O) groups excluding carboxylic acids is 1. The second-order valence-corrected chi connectivity index (χ2v) is 6.37. The molecule has 1 aliphatic carbocycles. The maximum absolute atomic E-state index is 12.7. The van der Waals surface area contributed by atoms with E-state index in [4.69, 9.17) is 4.84 Å². The Bertz CT molecular complexity index is 928. The molecular weight excluding hydrogens is 386 g/mol. The predicted octanol–water partition coefficient (Wildman–Crippen LogP) is 1.33. The highest BCUT2D eigenvalue weighted by molar-refractivity contribution is 9.11. The predicted molar refractivity (Wildman–Crippen MR) is 103 cm³/mol. The standard InChI is InChI=1S/C18H20BrN3O3/c1-5-13(20-12(2)19)10-22-11-15(18(24)21(3)25-4)17(23)14-8-6-7-9-16(14)22/h5,8-9,11H,1-2,6-7,10H2,3-4H3/b20-13+.